The Morgan fingerprint density at radius 3 is 2.67 bits per heavy atom. The Labute approximate surface area is 136 Å². The number of hydrogen-bond donors (Lipinski definition) is 0. The van der Waals surface area contributed by atoms with Crippen LogP contribution in [0.1, 0.15) is 36.9 Å². The zero-order chi connectivity index (χ0) is 16.6. The van der Waals surface area contributed by atoms with Crippen LogP contribution in [0, 0.1) is 11.6 Å². The van der Waals surface area contributed by atoms with Crippen LogP contribution in [0.15, 0.2) is 22.7 Å². The molecule has 1 unspecified atom stereocenters. The van der Waals surface area contributed by atoms with Crippen molar-refractivity contribution in [2.45, 2.75) is 37.6 Å². The first kappa shape index (κ1) is 15.5. The van der Waals surface area contributed by atoms with Crippen molar-refractivity contribution in [1.82, 2.24) is 10.1 Å². The zero-order valence-electron chi connectivity index (χ0n) is 12.8. The summed E-state index contributed by atoms with van der Waals surface area (Å²) in [7, 11) is 0. The summed E-state index contributed by atoms with van der Waals surface area (Å²) in [6.07, 6.45) is 2.36. The Balaban J connectivity index is 1.38. The fraction of sp³-hybridized carbons (Fsp3) is 0.500. The summed E-state index contributed by atoms with van der Waals surface area (Å²) in [5.74, 6) is -0.903. The van der Waals surface area contributed by atoms with Crippen LogP contribution in [0.2, 0.25) is 0 Å². The standard InChI is InChI=1S/C16H16F2N2O4/c17-11-5-12(18)7-13(6-11)21-9-14-19-15(20-24-14)10-1-2-16(8-10)22-3-4-23-16/h5-7,10H,1-4,8-9H2. The van der Waals surface area contributed by atoms with Gasteiger partial charge in [-0.3, -0.25) is 0 Å². The Bertz CT molecular complexity index is 710. The van der Waals surface area contributed by atoms with E-state index in [0.29, 0.717) is 25.5 Å². The van der Waals surface area contributed by atoms with E-state index in [4.69, 9.17) is 18.7 Å². The van der Waals surface area contributed by atoms with Gasteiger partial charge in [0, 0.05) is 37.0 Å². The molecule has 8 heteroatoms. The summed E-state index contributed by atoms with van der Waals surface area (Å²) >= 11 is 0. The van der Waals surface area contributed by atoms with Gasteiger partial charge in [-0.2, -0.15) is 4.98 Å². The van der Waals surface area contributed by atoms with Crippen LogP contribution >= 0.6 is 0 Å². The Morgan fingerprint density at radius 1 is 1.17 bits per heavy atom. The predicted octanol–water partition coefficient (Wildman–Crippen LogP) is 2.94. The molecule has 2 fully saturated rings. The van der Waals surface area contributed by atoms with Gasteiger partial charge in [0.25, 0.3) is 5.89 Å². The molecular weight excluding hydrogens is 322 g/mol. The first-order valence-electron chi connectivity index (χ1n) is 7.81. The smallest absolute Gasteiger partial charge is 0.264 e. The van der Waals surface area contributed by atoms with E-state index in [1.165, 1.54) is 0 Å². The van der Waals surface area contributed by atoms with Gasteiger partial charge in [0.05, 0.1) is 13.2 Å². The van der Waals surface area contributed by atoms with Gasteiger partial charge in [-0.1, -0.05) is 5.16 Å². The largest absolute Gasteiger partial charge is 0.484 e. The van der Waals surface area contributed by atoms with E-state index in [0.717, 1.165) is 31.0 Å². The number of halogens is 2. The molecule has 2 heterocycles. The van der Waals surface area contributed by atoms with Crippen LogP contribution in [0.4, 0.5) is 8.78 Å². The normalized spacial score (nSPS) is 22.3. The number of aromatic nitrogens is 2. The van der Waals surface area contributed by atoms with E-state index in [1.807, 2.05) is 0 Å². The maximum atomic E-state index is 13.1. The number of nitrogens with zero attached hydrogens (tertiary/aromatic N) is 2. The maximum Gasteiger partial charge on any atom is 0.264 e. The van der Waals surface area contributed by atoms with E-state index in [2.05, 4.69) is 10.1 Å². The lowest BCUT2D eigenvalue weighted by Crippen LogP contribution is -2.25. The summed E-state index contributed by atoms with van der Waals surface area (Å²) in [6, 6.07) is 2.96. The van der Waals surface area contributed by atoms with E-state index in [-0.39, 0.29) is 24.2 Å². The van der Waals surface area contributed by atoms with Gasteiger partial charge in [0.15, 0.2) is 18.2 Å². The lowest BCUT2D eigenvalue weighted by molar-refractivity contribution is -0.151. The molecule has 6 nitrogen and oxygen atoms in total. The van der Waals surface area contributed by atoms with Crippen molar-refractivity contribution < 1.29 is 27.5 Å². The third-order valence-corrected chi connectivity index (χ3v) is 4.29. The number of rotatable bonds is 4. The van der Waals surface area contributed by atoms with E-state index < -0.39 is 17.4 Å². The fourth-order valence-electron chi connectivity index (χ4n) is 3.20. The highest BCUT2D eigenvalue weighted by Gasteiger charge is 2.45. The molecule has 1 aliphatic carbocycles. The summed E-state index contributed by atoms with van der Waals surface area (Å²) < 4.78 is 48.0. The minimum absolute atomic E-state index is 0.0548. The highest BCUT2D eigenvalue weighted by molar-refractivity contribution is 5.23. The molecule has 1 saturated heterocycles. The molecule has 1 aromatic carbocycles. The van der Waals surface area contributed by atoms with Gasteiger partial charge in [-0.15, -0.1) is 0 Å². The summed E-state index contributed by atoms with van der Waals surface area (Å²) in [5.41, 5.74) is 0. The van der Waals surface area contributed by atoms with Crippen LogP contribution < -0.4 is 4.74 Å². The Hall–Kier alpha value is -2.06. The lowest BCUT2D eigenvalue weighted by atomic mass is 10.1. The summed E-state index contributed by atoms with van der Waals surface area (Å²) in [6.45, 7) is 1.17. The molecular formula is C16H16F2N2O4. The molecule has 1 aliphatic heterocycles. The monoisotopic (exact) mass is 338 g/mol. The van der Waals surface area contributed by atoms with Gasteiger partial charge >= 0.3 is 0 Å². The Morgan fingerprint density at radius 2 is 1.92 bits per heavy atom. The van der Waals surface area contributed by atoms with Crippen molar-refractivity contribution >= 4 is 0 Å². The van der Waals surface area contributed by atoms with E-state index in [9.17, 15) is 8.78 Å². The van der Waals surface area contributed by atoms with Crippen LogP contribution in [0.25, 0.3) is 0 Å². The molecule has 0 radical (unpaired) electrons. The van der Waals surface area contributed by atoms with Gasteiger partial charge in [0.2, 0.25) is 0 Å². The molecule has 1 atom stereocenters. The predicted molar refractivity (Wildman–Crippen MR) is 76.2 cm³/mol. The molecule has 128 valence electrons. The molecule has 0 bridgehead atoms. The quantitative estimate of drug-likeness (QED) is 0.854. The number of benzene rings is 1. The molecule has 2 aliphatic rings. The highest BCUT2D eigenvalue weighted by Crippen LogP contribution is 2.44. The van der Waals surface area contributed by atoms with Crippen molar-refractivity contribution in [3.05, 3.63) is 41.5 Å². The molecule has 0 N–H and O–H groups in total. The second-order valence-electron chi connectivity index (χ2n) is 5.99. The average molecular weight is 338 g/mol. The minimum atomic E-state index is -0.705. The SMILES string of the molecule is Fc1cc(F)cc(OCc2nc(C3CCC4(C3)OCCO4)no2)c1. The first-order valence-corrected chi connectivity index (χ1v) is 7.81. The third-order valence-electron chi connectivity index (χ3n) is 4.29. The van der Waals surface area contributed by atoms with Crippen molar-refractivity contribution in [1.29, 1.82) is 0 Å². The number of ether oxygens (including phenoxy) is 3. The van der Waals surface area contributed by atoms with Crippen LogP contribution in [0.3, 0.4) is 0 Å². The third kappa shape index (κ3) is 3.11. The highest BCUT2D eigenvalue weighted by atomic mass is 19.1. The molecule has 1 saturated carbocycles. The lowest BCUT2D eigenvalue weighted by Gasteiger charge is -2.20. The van der Waals surface area contributed by atoms with Crippen LogP contribution in [0.5, 0.6) is 5.75 Å². The van der Waals surface area contributed by atoms with Crippen molar-refractivity contribution in [3.63, 3.8) is 0 Å². The van der Waals surface area contributed by atoms with Crippen molar-refractivity contribution in [2.24, 2.45) is 0 Å². The topological polar surface area (TPSA) is 66.6 Å². The van der Waals surface area contributed by atoms with Crippen molar-refractivity contribution in [3.8, 4) is 5.75 Å². The van der Waals surface area contributed by atoms with E-state index in [1.54, 1.807) is 0 Å². The van der Waals surface area contributed by atoms with Crippen LogP contribution in [-0.2, 0) is 16.1 Å². The van der Waals surface area contributed by atoms with Gasteiger partial charge in [-0.25, -0.2) is 8.78 Å². The molecule has 2 aromatic rings. The van der Waals surface area contributed by atoms with Crippen LogP contribution in [-0.4, -0.2) is 29.1 Å². The maximum absolute atomic E-state index is 13.1. The second-order valence-corrected chi connectivity index (χ2v) is 5.99. The summed E-state index contributed by atoms with van der Waals surface area (Å²) in [4.78, 5) is 4.31. The fourth-order valence-corrected chi connectivity index (χ4v) is 3.20. The first-order chi connectivity index (χ1) is 11.6. The zero-order valence-corrected chi connectivity index (χ0v) is 12.8. The molecule has 1 aromatic heterocycles. The summed E-state index contributed by atoms with van der Waals surface area (Å²) in [5, 5.41) is 3.97. The minimum Gasteiger partial charge on any atom is -0.484 e. The molecule has 0 amide bonds. The molecule has 4 rings (SSSR count). The average Bonchev–Trinajstić information content (AvgIpc) is 3.27. The second kappa shape index (κ2) is 6.10. The Kier molecular flexibility index (Phi) is 3.93. The van der Waals surface area contributed by atoms with Gasteiger partial charge < -0.3 is 18.7 Å². The van der Waals surface area contributed by atoms with Gasteiger partial charge in [0.1, 0.15) is 17.4 Å². The van der Waals surface area contributed by atoms with Gasteiger partial charge in [-0.05, 0) is 6.42 Å². The number of hydrogen-bond acceptors (Lipinski definition) is 6. The molecule has 24 heavy (non-hydrogen) atoms. The van der Waals surface area contributed by atoms with Crippen molar-refractivity contribution in [2.75, 3.05) is 13.2 Å². The van der Waals surface area contributed by atoms with E-state index >= 15 is 0 Å². The molecule has 1 spiro atoms.